The molecule has 0 spiro atoms. The maximum absolute atomic E-state index is 12.9. The highest BCUT2D eigenvalue weighted by molar-refractivity contribution is 7.15. The molecule has 3 aromatic rings. The predicted molar refractivity (Wildman–Crippen MR) is 105 cm³/mol. The molecule has 8 nitrogen and oxygen atoms in total. The first kappa shape index (κ1) is 18.2. The Bertz CT molecular complexity index is 998. The van der Waals surface area contributed by atoms with Crippen LogP contribution in [0.5, 0.6) is 0 Å². The number of rotatable bonds is 4. The normalized spacial score (nSPS) is 13.1. The molecule has 0 unspecified atom stereocenters. The van der Waals surface area contributed by atoms with Gasteiger partial charge in [0.1, 0.15) is 5.69 Å². The van der Waals surface area contributed by atoms with E-state index in [1.54, 1.807) is 17.9 Å². The molecule has 0 atom stereocenters. The van der Waals surface area contributed by atoms with Crippen LogP contribution in [0.3, 0.4) is 0 Å². The quantitative estimate of drug-likeness (QED) is 0.704. The molecule has 9 heteroatoms. The fourth-order valence-corrected chi connectivity index (χ4v) is 4.04. The molecule has 0 aliphatic carbocycles. The summed E-state index contributed by atoms with van der Waals surface area (Å²) in [6.45, 7) is 3.06. The summed E-state index contributed by atoms with van der Waals surface area (Å²) in [5.74, 6) is -0.103. The summed E-state index contributed by atoms with van der Waals surface area (Å²) in [5.41, 5.74) is 3.06. The van der Waals surface area contributed by atoms with Crippen molar-refractivity contribution < 1.29 is 14.3 Å². The van der Waals surface area contributed by atoms with Gasteiger partial charge >= 0.3 is 6.09 Å². The van der Waals surface area contributed by atoms with Gasteiger partial charge in [0.2, 0.25) is 0 Å². The lowest BCUT2D eigenvalue weighted by Gasteiger charge is -2.25. The Balaban J connectivity index is 1.45. The lowest BCUT2D eigenvalue weighted by Crippen LogP contribution is -2.35. The number of nitrogens with zero attached hydrogens (tertiary/aromatic N) is 3. The minimum atomic E-state index is -0.521. The van der Waals surface area contributed by atoms with Crippen LogP contribution in [-0.2, 0) is 17.7 Å². The molecule has 2 aromatic heterocycles. The van der Waals surface area contributed by atoms with Gasteiger partial charge in [-0.3, -0.25) is 15.2 Å². The van der Waals surface area contributed by atoms with E-state index >= 15 is 0 Å². The number of ether oxygens (including phenoxy) is 1. The third-order valence-electron chi connectivity index (χ3n) is 4.38. The van der Waals surface area contributed by atoms with Crippen LogP contribution in [0.4, 0.5) is 9.93 Å². The number of H-pyrrole nitrogens is 1. The summed E-state index contributed by atoms with van der Waals surface area (Å²) in [7, 11) is 0. The number of nitrogens with one attached hydrogen (secondary N) is 2. The molecule has 0 fully saturated rings. The Kier molecular flexibility index (Phi) is 5.07. The van der Waals surface area contributed by atoms with Crippen molar-refractivity contribution in [3.63, 3.8) is 0 Å². The standard InChI is InChI=1S/C19H19N5O3S/c1-2-27-19(26)21-18-20-13-8-9-24(11-16(13)28-18)17(25)15-10-14(22-23-15)12-6-4-3-5-7-12/h3-7,10H,2,8-9,11H2,1H3,(H,22,23)(H,20,21,26). The van der Waals surface area contributed by atoms with Gasteiger partial charge in [0.25, 0.3) is 5.91 Å². The zero-order valence-electron chi connectivity index (χ0n) is 15.3. The van der Waals surface area contributed by atoms with Crippen LogP contribution < -0.4 is 5.32 Å². The van der Waals surface area contributed by atoms with Crippen molar-refractivity contribution in [2.24, 2.45) is 0 Å². The molecular weight excluding hydrogens is 378 g/mol. The van der Waals surface area contributed by atoms with Gasteiger partial charge in [0, 0.05) is 23.4 Å². The third kappa shape index (κ3) is 3.74. The van der Waals surface area contributed by atoms with Gasteiger partial charge in [-0.05, 0) is 13.0 Å². The van der Waals surface area contributed by atoms with Crippen molar-refractivity contribution in [2.75, 3.05) is 18.5 Å². The molecule has 2 amide bonds. The van der Waals surface area contributed by atoms with Crippen molar-refractivity contribution in [2.45, 2.75) is 19.9 Å². The highest BCUT2D eigenvalue weighted by Gasteiger charge is 2.26. The van der Waals surface area contributed by atoms with E-state index in [9.17, 15) is 9.59 Å². The monoisotopic (exact) mass is 397 g/mol. The highest BCUT2D eigenvalue weighted by Crippen LogP contribution is 2.29. The fraction of sp³-hybridized carbons (Fsp3) is 0.263. The second kappa shape index (κ2) is 7.81. The summed E-state index contributed by atoms with van der Waals surface area (Å²) in [5, 5.41) is 10.2. The van der Waals surface area contributed by atoms with Gasteiger partial charge in [-0.2, -0.15) is 5.10 Å². The molecule has 0 bridgehead atoms. The second-order valence-electron chi connectivity index (χ2n) is 6.24. The molecule has 2 N–H and O–H groups in total. The second-order valence-corrected chi connectivity index (χ2v) is 7.33. The van der Waals surface area contributed by atoms with E-state index in [1.165, 1.54) is 11.3 Å². The summed E-state index contributed by atoms with van der Waals surface area (Å²) in [6, 6.07) is 11.5. The molecule has 1 aliphatic heterocycles. The Morgan fingerprint density at radius 3 is 2.93 bits per heavy atom. The van der Waals surface area contributed by atoms with Gasteiger partial charge in [-0.25, -0.2) is 9.78 Å². The summed E-state index contributed by atoms with van der Waals surface area (Å²) in [4.78, 5) is 31.6. The van der Waals surface area contributed by atoms with E-state index in [1.807, 2.05) is 30.3 Å². The molecule has 0 saturated heterocycles. The van der Waals surface area contributed by atoms with Crippen molar-refractivity contribution in [3.8, 4) is 11.3 Å². The Labute approximate surface area is 165 Å². The van der Waals surface area contributed by atoms with Crippen molar-refractivity contribution in [1.29, 1.82) is 0 Å². The van der Waals surface area contributed by atoms with E-state index in [2.05, 4.69) is 20.5 Å². The van der Waals surface area contributed by atoms with Gasteiger partial charge in [-0.1, -0.05) is 41.7 Å². The molecule has 3 heterocycles. The van der Waals surface area contributed by atoms with Crippen LogP contribution in [0.25, 0.3) is 11.3 Å². The van der Waals surface area contributed by atoms with Crippen molar-refractivity contribution in [3.05, 3.63) is 52.7 Å². The zero-order chi connectivity index (χ0) is 19.5. The SMILES string of the molecule is CCOC(=O)Nc1nc2c(s1)CN(C(=O)c1cc(-c3ccccc3)n[nH]1)CC2. The molecule has 1 aromatic carbocycles. The summed E-state index contributed by atoms with van der Waals surface area (Å²) >= 11 is 1.37. The van der Waals surface area contributed by atoms with E-state index in [-0.39, 0.29) is 5.91 Å². The number of carbonyl (C=O) groups is 2. The number of hydrogen-bond donors (Lipinski definition) is 2. The molecular formula is C19H19N5O3S. The topological polar surface area (TPSA) is 100 Å². The van der Waals surface area contributed by atoms with E-state index < -0.39 is 6.09 Å². The largest absolute Gasteiger partial charge is 0.450 e. The first-order valence-electron chi connectivity index (χ1n) is 8.96. The van der Waals surface area contributed by atoms with Crippen LogP contribution >= 0.6 is 11.3 Å². The third-order valence-corrected chi connectivity index (χ3v) is 5.38. The lowest BCUT2D eigenvalue weighted by molar-refractivity contribution is 0.0730. The minimum absolute atomic E-state index is 0.103. The molecule has 4 rings (SSSR count). The molecule has 0 radical (unpaired) electrons. The Morgan fingerprint density at radius 1 is 1.32 bits per heavy atom. The summed E-state index contributed by atoms with van der Waals surface area (Å²) < 4.78 is 4.87. The Hall–Kier alpha value is -3.20. The summed E-state index contributed by atoms with van der Waals surface area (Å²) in [6.07, 6.45) is 0.120. The van der Waals surface area contributed by atoms with Crippen LogP contribution in [0.1, 0.15) is 28.0 Å². The molecule has 0 saturated carbocycles. The van der Waals surface area contributed by atoms with Gasteiger partial charge in [0.05, 0.1) is 24.5 Å². The average Bonchev–Trinajstić information content (AvgIpc) is 3.34. The predicted octanol–water partition coefficient (Wildman–Crippen LogP) is 3.30. The van der Waals surface area contributed by atoms with E-state index in [4.69, 9.17) is 4.74 Å². The number of benzene rings is 1. The molecule has 144 valence electrons. The van der Waals surface area contributed by atoms with E-state index in [0.717, 1.165) is 21.8 Å². The Morgan fingerprint density at radius 2 is 2.14 bits per heavy atom. The van der Waals surface area contributed by atoms with Crippen molar-refractivity contribution >= 4 is 28.5 Å². The number of thiazole rings is 1. The van der Waals surface area contributed by atoms with Crippen molar-refractivity contribution in [1.82, 2.24) is 20.1 Å². The number of carbonyl (C=O) groups excluding carboxylic acids is 2. The first-order valence-corrected chi connectivity index (χ1v) is 9.78. The first-order chi connectivity index (χ1) is 13.6. The smallest absolute Gasteiger partial charge is 0.413 e. The number of aromatic amines is 1. The number of hydrogen-bond acceptors (Lipinski definition) is 6. The fourth-order valence-electron chi connectivity index (χ4n) is 3.04. The number of aromatic nitrogens is 3. The minimum Gasteiger partial charge on any atom is -0.450 e. The van der Waals surface area contributed by atoms with Gasteiger partial charge in [-0.15, -0.1) is 0 Å². The molecule has 1 aliphatic rings. The van der Waals surface area contributed by atoms with Crippen LogP contribution in [0.15, 0.2) is 36.4 Å². The van der Waals surface area contributed by atoms with Crippen LogP contribution in [0, 0.1) is 0 Å². The van der Waals surface area contributed by atoms with Crippen LogP contribution in [0.2, 0.25) is 0 Å². The average molecular weight is 397 g/mol. The number of fused-ring (bicyclic) bond motifs is 1. The zero-order valence-corrected chi connectivity index (χ0v) is 16.1. The molecule has 28 heavy (non-hydrogen) atoms. The van der Waals surface area contributed by atoms with Gasteiger partial charge in [0.15, 0.2) is 5.13 Å². The highest BCUT2D eigenvalue weighted by atomic mass is 32.1. The maximum Gasteiger partial charge on any atom is 0.413 e. The maximum atomic E-state index is 12.9. The number of amides is 2. The number of anilines is 1. The van der Waals surface area contributed by atoms with Crippen LogP contribution in [-0.4, -0.2) is 45.2 Å². The van der Waals surface area contributed by atoms with Gasteiger partial charge < -0.3 is 9.64 Å². The van der Waals surface area contributed by atoms with E-state index in [0.29, 0.717) is 36.9 Å². The lowest BCUT2D eigenvalue weighted by atomic mass is 10.1.